The van der Waals surface area contributed by atoms with Gasteiger partial charge in [-0.15, -0.1) is 0 Å². The average molecular weight is 214 g/mol. The van der Waals surface area contributed by atoms with Crippen molar-refractivity contribution >= 4 is 11.8 Å². The lowest BCUT2D eigenvalue weighted by molar-refractivity contribution is 0.138. The van der Waals surface area contributed by atoms with E-state index < -0.39 is 0 Å². The average Bonchev–Trinajstić information content (AvgIpc) is 2.17. The first kappa shape index (κ1) is 10.8. The SMILES string of the molecule is CC(C)C[C@@H]1CN2CCSCC2CN1. The zero-order chi connectivity index (χ0) is 9.97. The van der Waals surface area contributed by atoms with E-state index in [9.17, 15) is 0 Å². The molecule has 2 aliphatic rings. The van der Waals surface area contributed by atoms with Crippen LogP contribution in [0.25, 0.3) is 0 Å². The van der Waals surface area contributed by atoms with Gasteiger partial charge in [0.1, 0.15) is 0 Å². The molecule has 1 unspecified atom stereocenters. The molecular formula is C11H22N2S. The van der Waals surface area contributed by atoms with Crippen molar-refractivity contribution in [1.82, 2.24) is 10.2 Å². The predicted molar refractivity (Wildman–Crippen MR) is 63.9 cm³/mol. The Bertz CT molecular complexity index is 184. The van der Waals surface area contributed by atoms with E-state index in [2.05, 4.69) is 35.8 Å². The molecule has 2 nitrogen and oxygen atoms in total. The van der Waals surface area contributed by atoms with E-state index in [1.165, 1.54) is 37.6 Å². The van der Waals surface area contributed by atoms with Crippen molar-refractivity contribution < 1.29 is 0 Å². The molecule has 2 aliphatic heterocycles. The van der Waals surface area contributed by atoms with Crippen molar-refractivity contribution in [2.75, 3.05) is 31.1 Å². The highest BCUT2D eigenvalue weighted by Crippen LogP contribution is 2.20. The smallest absolute Gasteiger partial charge is 0.0312 e. The van der Waals surface area contributed by atoms with Gasteiger partial charge in [-0.1, -0.05) is 13.8 Å². The predicted octanol–water partition coefficient (Wildman–Crippen LogP) is 1.42. The van der Waals surface area contributed by atoms with Gasteiger partial charge in [0.15, 0.2) is 0 Å². The number of nitrogens with zero attached hydrogens (tertiary/aromatic N) is 1. The third-order valence-corrected chi connectivity index (χ3v) is 4.29. The van der Waals surface area contributed by atoms with Crippen LogP contribution in [0, 0.1) is 5.92 Å². The second-order valence-corrected chi connectivity index (χ2v) is 6.11. The standard InChI is InChI=1S/C11H22N2S/c1-9(2)5-10-7-13-3-4-14-8-11(13)6-12-10/h9-12H,3-8H2,1-2H3/t10-,11?/m1/s1. The first-order chi connectivity index (χ1) is 6.75. The first-order valence-electron chi connectivity index (χ1n) is 5.81. The largest absolute Gasteiger partial charge is 0.311 e. The summed E-state index contributed by atoms with van der Waals surface area (Å²) < 4.78 is 0. The molecule has 14 heavy (non-hydrogen) atoms. The van der Waals surface area contributed by atoms with Gasteiger partial charge in [-0.25, -0.2) is 0 Å². The lowest BCUT2D eigenvalue weighted by atomic mass is 10.00. The minimum atomic E-state index is 0.745. The number of rotatable bonds is 2. The van der Waals surface area contributed by atoms with Crippen LogP contribution in [-0.4, -0.2) is 48.1 Å². The van der Waals surface area contributed by atoms with Gasteiger partial charge in [0.05, 0.1) is 0 Å². The van der Waals surface area contributed by atoms with Gasteiger partial charge in [-0.2, -0.15) is 11.8 Å². The van der Waals surface area contributed by atoms with Crippen LogP contribution in [0.5, 0.6) is 0 Å². The van der Waals surface area contributed by atoms with Crippen LogP contribution in [-0.2, 0) is 0 Å². The van der Waals surface area contributed by atoms with Crippen LogP contribution in [0.1, 0.15) is 20.3 Å². The fourth-order valence-electron chi connectivity index (χ4n) is 2.49. The quantitative estimate of drug-likeness (QED) is 0.748. The minimum absolute atomic E-state index is 0.745. The van der Waals surface area contributed by atoms with Crippen molar-refractivity contribution in [3.63, 3.8) is 0 Å². The maximum atomic E-state index is 3.69. The monoisotopic (exact) mass is 214 g/mol. The highest BCUT2D eigenvalue weighted by atomic mass is 32.2. The summed E-state index contributed by atoms with van der Waals surface area (Å²) in [7, 11) is 0. The fraction of sp³-hybridized carbons (Fsp3) is 1.00. The molecule has 2 fully saturated rings. The summed E-state index contributed by atoms with van der Waals surface area (Å²) in [6, 6.07) is 1.56. The number of nitrogens with one attached hydrogen (secondary N) is 1. The molecule has 0 spiro atoms. The number of thioether (sulfide) groups is 1. The van der Waals surface area contributed by atoms with Crippen LogP contribution >= 0.6 is 11.8 Å². The van der Waals surface area contributed by atoms with Gasteiger partial charge in [0.25, 0.3) is 0 Å². The lowest BCUT2D eigenvalue weighted by Crippen LogP contribution is -2.59. The van der Waals surface area contributed by atoms with Crippen LogP contribution in [0.2, 0.25) is 0 Å². The maximum Gasteiger partial charge on any atom is 0.0312 e. The Hall–Kier alpha value is 0.270. The lowest BCUT2D eigenvalue weighted by Gasteiger charge is -2.43. The molecule has 0 aliphatic carbocycles. The summed E-state index contributed by atoms with van der Waals surface area (Å²) in [5.41, 5.74) is 0. The maximum absolute atomic E-state index is 3.69. The van der Waals surface area contributed by atoms with Gasteiger partial charge in [0, 0.05) is 43.2 Å². The Kier molecular flexibility index (Phi) is 3.74. The Balaban J connectivity index is 1.83. The highest BCUT2D eigenvalue weighted by Gasteiger charge is 2.29. The third kappa shape index (κ3) is 2.65. The van der Waals surface area contributed by atoms with Crippen LogP contribution < -0.4 is 5.32 Å². The molecule has 2 atom stereocenters. The van der Waals surface area contributed by atoms with Gasteiger partial charge < -0.3 is 5.32 Å². The topological polar surface area (TPSA) is 15.3 Å². The van der Waals surface area contributed by atoms with Crippen molar-refractivity contribution in [2.45, 2.75) is 32.4 Å². The fourth-order valence-corrected chi connectivity index (χ4v) is 3.63. The molecule has 2 heterocycles. The minimum Gasteiger partial charge on any atom is -0.311 e. The third-order valence-electron chi connectivity index (χ3n) is 3.20. The van der Waals surface area contributed by atoms with Crippen molar-refractivity contribution in [3.05, 3.63) is 0 Å². The second-order valence-electron chi connectivity index (χ2n) is 4.96. The molecule has 0 aromatic heterocycles. The van der Waals surface area contributed by atoms with E-state index in [1.54, 1.807) is 0 Å². The molecule has 0 radical (unpaired) electrons. The summed E-state index contributed by atoms with van der Waals surface area (Å²) in [6.45, 7) is 8.44. The van der Waals surface area contributed by atoms with E-state index in [1.807, 2.05) is 0 Å². The van der Waals surface area contributed by atoms with Crippen LogP contribution in [0.4, 0.5) is 0 Å². The zero-order valence-electron chi connectivity index (χ0n) is 9.33. The normalized spacial score (nSPS) is 34.5. The Labute approximate surface area is 91.8 Å². The molecular weight excluding hydrogens is 192 g/mol. The van der Waals surface area contributed by atoms with Gasteiger partial charge in [-0.05, 0) is 12.3 Å². The summed E-state index contributed by atoms with van der Waals surface area (Å²) in [5, 5.41) is 3.69. The molecule has 2 saturated heterocycles. The second kappa shape index (κ2) is 4.86. The first-order valence-corrected chi connectivity index (χ1v) is 6.96. The zero-order valence-corrected chi connectivity index (χ0v) is 10.1. The van der Waals surface area contributed by atoms with Crippen molar-refractivity contribution in [1.29, 1.82) is 0 Å². The van der Waals surface area contributed by atoms with Crippen molar-refractivity contribution in [2.24, 2.45) is 5.92 Å². The highest BCUT2D eigenvalue weighted by molar-refractivity contribution is 7.99. The van der Waals surface area contributed by atoms with Crippen LogP contribution in [0.15, 0.2) is 0 Å². The summed E-state index contributed by atoms with van der Waals surface area (Å²) >= 11 is 2.11. The molecule has 82 valence electrons. The van der Waals surface area contributed by atoms with Gasteiger partial charge in [-0.3, -0.25) is 4.90 Å². The Morgan fingerprint density at radius 3 is 3.14 bits per heavy atom. The molecule has 2 rings (SSSR count). The molecule has 1 N–H and O–H groups in total. The van der Waals surface area contributed by atoms with Gasteiger partial charge in [0.2, 0.25) is 0 Å². The number of fused-ring (bicyclic) bond motifs is 1. The molecule has 0 bridgehead atoms. The van der Waals surface area contributed by atoms with Gasteiger partial charge >= 0.3 is 0 Å². The van der Waals surface area contributed by atoms with E-state index in [0.717, 1.165) is 18.0 Å². The van der Waals surface area contributed by atoms with Crippen molar-refractivity contribution in [3.8, 4) is 0 Å². The summed E-state index contributed by atoms with van der Waals surface area (Å²) in [5.74, 6) is 3.50. The number of hydrogen-bond acceptors (Lipinski definition) is 3. The van der Waals surface area contributed by atoms with E-state index in [-0.39, 0.29) is 0 Å². The Morgan fingerprint density at radius 2 is 2.36 bits per heavy atom. The van der Waals surface area contributed by atoms with E-state index in [4.69, 9.17) is 0 Å². The molecule has 0 saturated carbocycles. The molecule has 3 heteroatoms. The number of piperazine rings is 1. The van der Waals surface area contributed by atoms with E-state index >= 15 is 0 Å². The molecule has 0 aromatic carbocycles. The van der Waals surface area contributed by atoms with Crippen LogP contribution in [0.3, 0.4) is 0 Å². The molecule has 0 amide bonds. The summed E-state index contributed by atoms with van der Waals surface area (Å²) in [6.07, 6.45) is 1.33. The Morgan fingerprint density at radius 1 is 1.50 bits per heavy atom. The number of hydrogen-bond donors (Lipinski definition) is 1. The summed E-state index contributed by atoms with van der Waals surface area (Å²) in [4.78, 5) is 2.69. The van der Waals surface area contributed by atoms with E-state index in [0.29, 0.717) is 0 Å². The molecule has 0 aromatic rings.